The third-order valence-electron chi connectivity index (χ3n) is 3.91. The van der Waals surface area contributed by atoms with Gasteiger partial charge in [0.15, 0.2) is 0 Å². The third-order valence-corrected chi connectivity index (χ3v) is 3.91. The van der Waals surface area contributed by atoms with Crippen molar-refractivity contribution in [2.75, 3.05) is 38.4 Å². The smallest absolute Gasteiger partial charge is 0.251 e. The number of rotatable bonds is 9. The molecule has 3 rings (SSSR count). The average molecular weight is 345 g/mol. The van der Waals surface area contributed by atoms with Crippen LogP contribution >= 0.6 is 0 Å². The predicted molar refractivity (Wildman–Crippen MR) is 92.5 cm³/mol. The second-order valence-electron chi connectivity index (χ2n) is 5.89. The van der Waals surface area contributed by atoms with Crippen molar-refractivity contribution in [3.8, 4) is 5.75 Å². The molecule has 1 amide bonds. The first-order chi connectivity index (χ1) is 12.3. The minimum Gasteiger partial charge on any atom is -0.491 e. The van der Waals surface area contributed by atoms with Gasteiger partial charge in [0.1, 0.15) is 24.8 Å². The number of ether oxygens (including phenoxy) is 3. The summed E-state index contributed by atoms with van der Waals surface area (Å²) in [4.78, 5) is 12.0. The van der Waals surface area contributed by atoms with E-state index in [0.717, 1.165) is 31.9 Å². The van der Waals surface area contributed by atoms with Crippen LogP contribution in [0, 0.1) is 5.92 Å². The van der Waals surface area contributed by atoms with Gasteiger partial charge >= 0.3 is 0 Å². The highest BCUT2D eigenvalue weighted by Gasteiger charge is 2.18. The van der Waals surface area contributed by atoms with E-state index in [1.165, 1.54) is 0 Å². The number of carbonyl (C=O) groups excluding carboxylic acids is 1. The van der Waals surface area contributed by atoms with Crippen LogP contribution in [0.1, 0.15) is 6.42 Å². The van der Waals surface area contributed by atoms with Crippen molar-refractivity contribution in [3.63, 3.8) is 0 Å². The van der Waals surface area contributed by atoms with Crippen molar-refractivity contribution in [2.24, 2.45) is 5.92 Å². The van der Waals surface area contributed by atoms with Gasteiger partial charge in [0.25, 0.3) is 5.91 Å². The fourth-order valence-electron chi connectivity index (χ4n) is 2.64. The van der Waals surface area contributed by atoms with Gasteiger partial charge in [0.05, 0.1) is 19.4 Å². The summed E-state index contributed by atoms with van der Waals surface area (Å²) in [5, 5.41) is 7.09. The first kappa shape index (κ1) is 17.4. The summed E-state index contributed by atoms with van der Waals surface area (Å²) in [6.07, 6.45) is 2.71. The number of amides is 1. The second-order valence-corrected chi connectivity index (χ2v) is 5.89. The fourth-order valence-corrected chi connectivity index (χ4v) is 2.64. The van der Waals surface area contributed by atoms with Crippen LogP contribution < -0.4 is 10.1 Å². The van der Waals surface area contributed by atoms with Crippen molar-refractivity contribution < 1.29 is 19.0 Å². The molecule has 1 aromatic heterocycles. The third kappa shape index (κ3) is 5.58. The minimum absolute atomic E-state index is 0.0180. The standard InChI is InChI=1S/C18H23N3O4/c22-18(14-24-10-11-25-16-4-2-1-3-5-16)20-17-6-8-19-21(17)12-15-7-9-23-13-15/h1-6,8,15H,7,9-14H2,(H,20,22)/t15-/m0/s1. The Morgan fingerprint density at radius 3 is 2.96 bits per heavy atom. The molecule has 1 saturated heterocycles. The number of para-hydroxylation sites is 1. The van der Waals surface area contributed by atoms with E-state index in [1.807, 2.05) is 30.3 Å². The molecule has 1 aliphatic heterocycles. The van der Waals surface area contributed by atoms with Gasteiger partial charge in [0.2, 0.25) is 0 Å². The number of anilines is 1. The van der Waals surface area contributed by atoms with E-state index in [1.54, 1.807) is 16.9 Å². The Morgan fingerprint density at radius 1 is 1.28 bits per heavy atom. The molecule has 1 fully saturated rings. The Labute approximate surface area is 146 Å². The monoisotopic (exact) mass is 345 g/mol. The molecule has 7 nitrogen and oxygen atoms in total. The summed E-state index contributed by atoms with van der Waals surface area (Å²) in [6.45, 7) is 3.02. The molecule has 0 aliphatic carbocycles. The van der Waals surface area contributed by atoms with E-state index in [0.29, 0.717) is 24.9 Å². The Kier molecular flexibility index (Phi) is 6.42. The Balaban J connectivity index is 1.34. The molecule has 0 spiro atoms. The van der Waals surface area contributed by atoms with Crippen LogP contribution in [0.5, 0.6) is 5.75 Å². The maximum absolute atomic E-state index is 12.0. The van der Waals surface area contributed by atoms with Crippen molar-refractivity contribution in [2.45, 2.75) is 13.0 Å². The summed E-state index contributed by atoms with van der Waals surface area (Å²) in [7, 11) is 0. The van der Waals surface area contributed by atoms with Gasteiger partial charge in [-0.05, 0) is 18.6 Å². The highest BCUT2D eigenvalue weighted by atomic mass is 16.5. The second kappa shape index (κ2) is 9.19. The van der Waals surface area contributed by atoms with Crippen LogP contribution in [0.2, 0.25) is 0 Å². The van der Waals surface area contributed by atoms with Gasteiger partial charge < -0.3 is 19.5 Å². The lowest BCUT2D eigenvalue weighted by atomic mass is 10.1. The molecule has 25 heavy (non-hydrogen) atoms. The summed E-state index contributed by atoms with van der Waals surface area (Å²) in [5.74, 6) is 1.71. The molecule has 0 radical (unpaired) electrons. The normalized spacial score (nSPS) is 16.7. The van der Waals surface area contributed by atoms with E-state index in [4.69, 9.17) is 14.2 Å². The van der Waals surface area contributed by atoms with Crippen LogP contribution in [-0.4, -0.2) is 48.7 Å². The van der Waals surface area contributed by atoms with Gasteiger partial charge in [-0.25, -0.2) is 4.68 Å². The van der Waals surface area contributed by atoms with Crippen LogP contribution in [-0.2, 0) is 20.8 Å². The highest BCUT2D eigenvalue weighted by molar-refractivity contribution is 5.90. The van der Waals surface area contributed by atoms with Gasteiger partial charge in [0, 0.05) is 25.1 Å². The van der Waals surface area contributed by atoms with Gasteiger partial charge in [-0.2, -0.15) is 5.10 Å². The minimum atomic E-state index is -0.205. The molecule has 1 aromatic carbocycles. The molecular formula is C18H23N3O4. The zero-order valence-corrected chi connectivity index (χ0v) is 14.1. The molecule has 1 aliphatic rings. The average Bonchev–Trinajstić information content (AvgIpc) is 3.29. The molecule has 1 atom stereocenters. The number of nitrogens with zero attached hydrogens (tertiary/aromatic N) is 2. The van der Waals surface area contributed by atoms with E-state index < -0.39 is 0 Å². The quantitative estimate of drug-likeness (QED) is 0.703. The largest absolute Gasteiger partial charge is 0.491 e. The molecule has 0 unspecified atom stereocenters. The molecule has 7 heteroatoms. The first-order valence-corrected chi connectivity index (χ1v) is 8.46. The van der Waals surface area contributed by atoms with Crippen molar-refractivity contribution in [1.29, 1.82) is 0 Å². The molecule has 2 heterocycles. The fraction of sp³-hybridized carbons (Fsp3) is 0.444. The Morgan fingerprint density at radius 2 is 2.16 bits per heavy atom. The molecule has 0 saturated carbocycles. The highest BCUT2D eigenvalue weighted by Crippen LogP contribution is 2.17. The number of hydrogen-bond acceptors (Lipinski definition) is 5. The number of hydrogen-bond donors (Lipinski definition) is 1. The van der Waals surface area contributed by atoms with E-state index in [2.05, 4.69) is 10.4 Å². The molecule has 1 N–H and O–H groups in total. The van der Waals surface area contributed by atoms with Crippen LogP contribution in [0.4, 0.5) is 5.82 Å². The van der Waals surface area contributed by atoms with Crippen LogP contribution in [0.25, 0.3) is 0 Å². The SMILES string of the molecule is O=C(COCCOc1ccccc1)Nc1ccnn1C[C@@H]1CCOC1. The molecule has 0 bridgehead atoms. The van der Waals surface area contributed by atoms with Gasteiger partial charge in [-0.15, -0.1) is 0 Å². The zero-order chi connectivity index (χ0) is 17.3. The maximum atomic E-state index is 12.0. The maximum Gasteiger partial charge on any atom is 0.251 e. The van der Waals surface area contributed by atoms with Crippen molar-refractivity contribution in [3.05, 3.63) is 42.6 Å². The van der Waals surface area contributed by atoms with Crippen molar-refractivity contribution >= 4 is 11.7 Å². The molecule has 2 aromatic rings. The number of benzene rings is 1. The predicted octanol–water partition coefficient (Wildman–Crippen LogP) is 1.95. The molecular weight excluding hydrogens is 322 g/mol. The van der Waals surface area contributed by atoms with E-state index >= 15 is 0 Å². The molecule has 134 valence electrons. The lowest BCUT2D eigenvalue weighted by molar-refractivity contribution is -0.120. The van der Waals surface area contributed by atoms with Gasteiger partial charge in [-0.1, -0.05) is 18.2 Å². The van der Waals surface area contributed by atoms with Crippen molar-refractivity contribution in [1.82, 2.24) is 9.78 Å². The summed E-state index contributed by atoms with van der Waals surface area (Å²) in [5.41, 5.74) is 0. The van der Waals surface area contributed by atoms with Gasteiger partial charge in [-0.3, -0.25) is 4.79 Å². The number of carbonyl (C=O) groups is 1. The Bertz CT molecular complexity index is 653. The topological polar surface area (TPSA) is 74.6 Å². The summed E-state index contributed by atoms with van der Waals surface area (Å²) < 4.78 is 18.0. The van der Waals surface area contributed by atoms with E-state index in [9.17, 15) is 4.79 Å². The zero-order valence-electron chi connectivity index (χ0n) is 14.1. The van der Waals surface area contributed by atoms with Crippen LogP contribution in [0.3, 0.4) is 0 Å². The van der Waals surface area contributed by atoms with E-state index in [-0.39, 0.29) is 12.5 Å². The number of nitrogens with one attached hydrogen (secondary N) is 1. The lowest BCUT2D eigenvalue weighted by Gasteiger charge is -2.12. The number of aromatic nitrogens is 2. The first-order valence-electron chi connectivity index (χ1n) is 8.46. The Hall–Kier alpha value is -2.38. The summed E-state index contributed by atoms with van der Waals surface area (Å²) >= 11 is 0. The lowest BCUT2D eigenvalue weighted by Crippen LogP contribution is -2.23. The summed E-state index contributed by atoms with van der Waals surface area (Å²) in [6, 6.07) is 11.3. The van der Waals surface area contributed by atoms with Crippen LogP contribution in [0.15, 0.2) is 42.6 Å².